The van der Waals surface area contributed by atoms with Crippen LogP contribution in [-0.4, -0.2) is 24.2 Å². The minimum atomic E-state index is -1.01. The Hall–Kier alpha value is -2.04. The van der Waals surface area contributed by atoms with Gasteiger partial charge in [0.15, 0.2) is 0 Å². The molecule has 0 spiro atoms. The van der Waals surface area contributed by atoms with Crippen molar-refractivity contribution in [2.24, 2.45) is 0 Å². The van der Waals surface area contributed by atoms with Gasteiger partial charge in [-0.2, -0.15) is 0 Å². The number of benzene rings is 1. The van der Waals surface area contributed by atoms with Crippen LogP contribution in [0.5, 0.6) is 0 Å². The van der Waals surface area contributed by atoms with Crippen LogP contribution in [0.4, 0.5) is 10.5 Å². The average Bonchev–Trinajstić information content (AvgIpc) is 2.27. The molecular formula is C10H10NO4. The highest BCUT2D eigenvalue weighted by atomic mass is 16.5. The van der Waals surface area contributed by atoms with Gasteiger partial charge < -0.3 is 9.84 Å². The molecule has 1 aromatic rings. The third kappa shape index (κ3) is 2.46. The predicted octanol–water partition coefficient (Wildman–Crippen LogP) is 1.75. The van der Waals surface area contributed by atoms with E-state index in [1.165, 1.54) is 36.2 Å². The highest BCUT2D eigenvalue weighted by Crippen LogP contribution is 2.14. The first-order valence-electron chi connectivity index (χ1n) is 4.09. The maximum absolute atomic E-state index is 11.1. The Bertz CT molecular complexity index is 372. The van der Waals surface area contributed by atoms with Crippen molar-refractivity contribution in [3.05, 3.63) is 36.9 Å². The zero-order chi connectivity index (χ0) is 11.4. The van der Waals surface area contributed by atoms with Gasteiger partial charge >= 0.3 is 12.1 Å². The fraction of sp³-hybridized carbons (Fsp3) is 0.100. The number of ether oxygens (including phenoxy) is 1. The summed E-state index contributed by atoms with van der Waals surface area (Å²) in [6.07, 6.45) is -0.613. The lowest BCUT2D eigenvalue weighted by atomic mass is 10.2. The van der Waals surface area contributed by atoms with Gasteiger partial charge in [-0.3, -0.25) is 4.90 Å². The first kappa shape index (κ1) is 11.0. The summed E-state index contributed by atoms with van der Waals surface area (Å²) in [7, 11) is 4.50. The number of amides is 1. The van der Waals surface area contributed by atoms with Crippen molar-refractivity contribution < 1.29 is 19.4 Å². The van der Waals surface area contributed by atoms with Crippen molar-refractivity contribution in [2.45, 2.75) is 0 Å². The molecule has 0 aliphatic carbocycles. The molecule has 0 saturated carbocycles. The van der Waals surface area contributed by atoms with E-state index in [9.17, 15) is 9.59 Å². The van der Waals surface area contributed by atoms with Gasteiger partial charge in [0.2, 0.25) is 0 Å². The van der Waals surface area contributed by atoms with Gasteiger partial charge in [0.25, 0.3) is 0 Å². The maximum Gasteiger partial charge on any atom is 0.414 e. The zero-order valence-corrected chi connectivity index (χ0v) is 8.14. The number of rotatable bonds is 2. The summed E-state index contributed by atoms with van der Waals surface area (Å²) in [6, 6.07) is 5.84. The molecule has 0 saturated heterocycles. The molecule has 1 aromatic carbocycles. The van der Waals surface area contributed by atoms with Crippen LogP contribution in [0.3, 0.4) is 0 Å². The van der Waals surface area contributed by atoms with E-state index in [0.29, 0.717) is 5.69 Å². The van der Waals surface area contributed by atoms with Gasteiger partial charge in [-0.25, -0.2) is 9.59 Å². The van der Waals surface area contributed by atoms with E-state index in [0.717, 1.165) is 0 Å². The third-order valence-corrected chi connectivity index (χ3v) is 1.90. The normalized spacial score (nSPS) is 9.47. The van der Waals surface area contributed by atoms with Crippen LogP contribution in [-0.2, 0) is 4.74 Å². The number of carboxylic acid groups (broad SMARTS) is 1. The van der Waals surface area contributed by atoms with Crippen LogP contribution < -0.4 is 4.90 Å². The van der Waals surface area contributed by atoms with Crippen LogP contribution in [0.25, 0.3) is 0 Å². The number of hydrogen-bond donors (Lipinski definition) is 1. The molecule has 79 valence electrons. The summed E-state index contributed by atoms with van der Waals surface area (Å²) in [4.78, 5) is 22.8. The van der Waals surface area contributed by atoms with E-state index in [4.69, 9.17) is 5.11 Å². The molecule has 0 heterocycles. The molecule has 0 aliphatic rings. The number of anilines is 1. The Kier molecular flexibility index (Phi) is 3.28. The van der Waals surface area contributed by atoms with Crippen molar-refractivity contribution in [2.75, 3.05) is 11.9 Å². The van der Waals surface area contributed by atoms with Crippen molar-refractivity contribution >= 4 is 17.7 Å². The minimum Gasteiger partial charge on any atom is -0.478 e. The summed E-state index contributed by atoms with van der Waals surface area (Å²) in [5, 5.41) is 8.65. The monoisotopic (exact) mass is 208 g/mol. The van der Waals surface area contributed by atoms with E-state index < -0.39 is 12.1 Å². The molecular weight excluding hydrogens is 198 g/mol. The summed E-state index contributed by atoms with van der Waals surface area (Å²) >= 11 is 0. The number of aromatic carboxylic acids is 1. The molecule has 1 rings (SSSR count). The second-order valence-electron chi connectivity index (χ2n) is 2.82. The molecule has 0 aromatic heterocycles. The first-order chi connectivity index (χ1) is 7.06. The summed E-state index contributed by atoms with van der Waals surface area (Å²) in [5.41, 5.74) is 0.698. The third-order valence-electron chi connectivity index (χ3n) is 1.90. The summed E-state index contributed by atoms with van der Waals surface area (Å²) in [6.45, 7) is 0. The fourth-order valence-electron chi connectivity index (χ4n) is 1.03. The molecule has 0 atom stereocenters. The maximum atomic E-state index is 11.1. The van der Waals surface area contributed by atoms with E-state index in [1.54, 1.807) is 0 Å². The molecule has 5 nitrogen and oxygen atoms in total. The van der Waals surface area contributed by atoms with Gasteiger partial charge in [-0.1, -0.05) is 0 Å². The number of carbonyl (C=O) groups is 2. The van der Waals surface area contributed by atoms with Crippen LogP contribution >= 0.6 is 0 Å². The van der Waals surface area contributed by atoms with E-state index in [2.05, 4.69) is 11.8 Å². The second kappa shape index (κ2) is 4.45. The van der Waals surface area contributed by atoms with Gasteiger partial charge in [0.05, 0.1) is 5.56 Å². The number of hydrogen-bond acceptors (Lipinski definition) is 3. The van der Waals surface area contributed by atoms with Crippen molar-refractivity contribution in [3.63, 3.8) is 0 Å². The van der Waals surface area contributed by atoms with Crippen molar-refractivity contribution in [3.8, 4) is 0 Å². The molecule has 0 bridgehead atoms. The molecule has 0 fully saturated rings. The lowest BCUT2D eigenvalue weighted by molar-refractivity contribution is 0.0697. The van der Waals surface area contributed by atoms with Crippen molar-refractivity contribution in [1.29, 1.82) is 0 Å². The molecule has 1 radical (unpaired) electrons. The number of nitrogens with zero attached hydrogens (tertiary/aromatic N) is 1. The van der Waals surface area contributed by atoms with Crippen LogP contribution in [0.15, 0.2) is 24.3 Å². The van der Waals surface area contributed by atoms with Crippen LogP contribution in [0, 0.1) is 7.11 Å². The smallest absolute Gasteiger partial charge is 0.414 e. The quantitative estimate of drug-likeness (QED) is 0.803. The number of carbonyl (C=O) groups excluding carboxylic acids is 1. The second-order valence-corrected chi connectivity index (χ2v) is 2.82. The predicted molar refractivity (Wildman–Crippen MR) is 53.6 cm³/mol. The SMILES string of the molecule is [CH2]OC(=O)N(C)c1ccc(C(=O)O)cc1. The Morgan fingerprint density at radius 1 is 1.33 bits per heavy atom. The van der Waals surface area contributed by atoms with Crippen LogP contribution in [0.2, 0.25) is 0 Å². The lowest BCUT2D eigenvalue weighted by Gasteiger charge is -2.15. The Balaban J connectivity index is 2.89. The van der Waals surface area contributed by atoms with E-state index >= 15 is 0 Å². The van der Waals surface area contributed by atoms with Crippen LogP contribution in [0.1, 0.15) is 10.4 Å². The summed E-state index contributed by atoms with van der Waals surface area (Å²) in [5.74, 6) is -1.01. The van der Waals surface area contributed by atoms with Gasteiger partial charge in [-0.05, 0) is 24.3 Å². The number of carboxylic acids is 1. The fourth-order valence-corrected chi connectivity index (χ4v) is 1.03. The zero-order valence-electron chi connectivity index (χ0n) is 8.14. The molecule has 1 amide bonds. The Labute approximate surface area is 86.9 Å². The lowest BCUT2D eigenvalue weighted by Crippen LogP contribution is -2.25. The van der Waals surface area contributed by atoms with Gasteiger partial charge in [-0.15, -0.1) is 0 Å². The largest absolute Gasteiger partial charge is 0.478 e. The summed E-state index contributed by atoms with van der Waals surface area (Å²) < 4.78 is 4.26. The molecule has 15 heavy (non-hydrogen) atoms. The standard InChI is InChI=1S/C10H10NO4/c1-11(10(14)15-2)8-5-3-7(4-6-8)9(12)13/h3-6H,2H2,1H3,(H,12,13). The average molecular weight is 208 g/mol. The van der Waals surface area contributed by atoms with Gasteiger partial charge in [0, 0.05) is 12.7 Å². The highest BCUT2D eigenvalue weighted by Gasteiger charge is 2.11. The molecule has 5 heteroatoms. The molecule has 0 aliphatic heterocycles. The Morgan fingerprint density at radius 3 is 2.27 bits per heavy atom. The van der Waals surface area contributed by atoms with E-state index in [-0.39, 0.29) is 5.56 Å². The highest BCUT2D eigenvalue weighted by molar-refractivity contribution is 5.90. The minimum absolute atomic E-state index is 0.162. The van der Waals surface area contributed by atoms with Gasteiger partial charge in [0.1, 0.15) is 7.11 Å². The molecule has 0 unspecified atom stereocenters. The topological polar surface area (TPSA) is 66.8 Å². The van der Waals surface area contributed by atoms with Crippen molar-refractivity contribution in [1.82, 2.24) is 0 Å². The van der Waals surface area contributed by atoms with E-state index in [1.807, 2.05) is 0 Å². The first-order valence-corrected chi connectivity index (χ1v) is 4.09. The molecule has 1 N–H and O–H groups in total. The Morgan fingerprint density at radius 2 is 1.87 bits per heavy atom.